The predicted molar refractivity (Wildman–Crippen MR) is 79.6 cm³/mol. The first-order valence-electron chi connectivity index (χ1n) is 6.90. The van der Waals surface area contributed by atoms with Crippen LogP contribution in [0.2, 0.25) is 5.02 Å². The largest absolute Gasteiger partial charge is 0.495 e. The topological polar surface area (TPSA) is 64.6 Å². The normalized spacial score (nSPS) is 14.8. The van der Waals surface area contributed by atoms with Crippen LogP contribution in [0.25, 0.3) is 0 Å². The lowest BCUT2D eigenvalue weighted by atomic mass is 10.1. The van der Waals surface area contributed by atoms with Crippen LogP contribution >= 0.6 is 11.6 Å². The number of esters is 1. The SMILES string of the molecule is COc1ccc(NC(=O)COC(=O)C2CCCC2)cc1Cl. The van der Waals surface area contributed by atoms with Gasteiger partial charge in [0.25, 0.3) is 5.91 Å². The van der Waals surface area contributed by atoms with E-state index in [4.69, 9.17) is 21.1 Å². The Bertz CT molecular complexity index is 526. The average Bonchev–Trinajstić information content (AvgIpc) is 2.99. The van der Waals surface area contributed by atoms with E-state index in [1.807, 2.05) is 0 Å². The summed E-state index contributed by atoms with van der Waals surface area (Å²) in [5.74, 6) is -0.187. The molecular weight excluding hydrogens is 294 g/mol. The molecule has 1 fully saturated rings. The summed E-state index contributed by atoms with van der Waals surface area (Å²) in [5.41, 5.74) is 0.530. The van der Waals surface area contributed by atoms with Crippen molar-refractivity contribution in [1.82, 2.24) is 0 Å². The van der Waals surface area contributed by atoms with Crippen molar-refractivity contribution in [2.45, 2.75) is 25.7 Å². The molecule has 1 aliphatic carbocycles. The molecular formula is C15H18ClNO4. The van der Waals surface area contributed by atoms with Gasteiger partial charge in [-0.15, -0.1) is 0 Å². The van der Waals surface area contributed by atoms with Gasteiger partial charge in [-0.05, 0) is 31.0 Å². The van der Waals surface area contributed by atoms with Gasteiger partial charge < -0.3 is 14.8 Å². The average molecular weight is 312 g/mol. The second-order valence-corrected chi connectivity index (χ2v) is 5.39. The molecule has 114 valence electrons. The molecule has 1 aromatic rings. The Kier molecular flexibility index (Phi) is 5.44. The lowest BCUT2D eigenvalue weighted by molar-refractivity contribution is -0.151. The van der Waals surface area contributed by atoms with E-state index in [9.17, 15) is 9.59 Å². The number of nitrogens with one attached hydrogen (secondary N) is 1. The van der Waals surface area contributed by atoms with E-state index in [0.717, 1.165) is 25.7 Å². The molecule has 0 saturated heterocycles. The number of benzene rings is 1. The molecule has 5 nitrogen and oxygen atoms in total. The minimum atomic E-state index is -0.386. The summed E-state index contributed by atoms with van der Waals surface area (Å²) >= 11 is 5.96. The summed E-state index contributed by atoms with van der Waals surface area (Å²) in [7, 11) is 1.52. The number of carbonyl (C=O) groups excluding carboxylic acids is 2. The Morgan fingerprint density at radius 3 is 2.67 bits per heavy atom. The van der Waals surface area contributed by atoms with E-state index in [0.29, 0.717) is 16.5 Å². The predicted octanol–water partition coefficient (Wildman–Crippen LogP) is 3.02. The van der Waals surface area contributed by atoms with Crippen LogP contribution in [0.3, 0.4) is 0 Å². The van der Waals surface area contributed by atoms with Gasteiger partial charge in [-0.25, -0.2) is 0 Å². The van der Waals surface area contributed by atoms with Crippen molar-refractivity contribution in [1.29, 1.82) is 0 Å². The van der Waals surface area contributed by atoms with Gasteiger partial charge in [0.05, 0.1) is 18.1 Å². The van der Waals surface area contributed by atoms with E-state index >= 15 is 0 Å². The Hall–Kier alpha value is -1.75. The number of methoxy groups -OCH3 is 1. The molecule has 21 heavy (non-hydrogen) atoms. The van der Waals surface area contributed by atoms with Gasteiger partial charge in [0.15, 0.2) is 6.61 Å². The van der Waals surface area contributed by atoms with Gasteiger partial charge in [0.1, 0.15) is 5.75 Å². The van der Waals surface area contributed by atoms with E-state index in [1.54, 1.807) is 18.2 Å². The van der Waals surface area contributed by atoms with E-state index in [2.05, 4.69) is 5.32 Å². The zero-order chi connectivity index (χ0) is 15.2. The van der Waals surface area contributed by atoms with Crippen molar-refractivity contribution in [2.24, 2.45) is 5.92 Å². The van der Waals surface area contributed by atoms with Gasteiger partial charge >= 0.3 is 5.97 Å². The fourth-order valence-electron chi connectivity index (χ4n) is 2.36. The molecule has 0 heterocycles. The number of halogens is 1. The van der Waals surface area contributed by atoms with Crippen LogP contribution in [0, 0.1) is 5.92 Å². The standard InChI is InChI=1S/C15H18ClNO4/c1-20-13-7-6-11(8-12(13)16)17-14(18)9-21-15(19)10-4-2-3-5-10/h6-8,10H,2-5,9H2,1H3,(H,17,18). The zero-order valence-corrected chi connectivity index (χ0v) is 12.6. The minimum absolute atomic E-state index is 0.0479. The van der Waals surface area contributed by atoms with Crippen LogP contribution < -0.4 is 10.1 Å². The molecule has 0 bridgehead atoms. The molecule has 1 aliphatic rings. The molecule has 1 saturated carbocycles. The molecule has 0 spiro atoms. The fourth-order valence-corrected chi connectivity index (χ4v) is 2.61. The third-order valence-electron chi connectivity index (χ3n) is 3.47. The second-order valence-electron chi connectivity index (χ2n) is 4.99. The molecule has 6 heteroatoms. The first-order valence-corrected chi connectivity index (χ1v) is 7.28. The lowest BCUT2D eigenvalue weighted by Crippen LogP contribution is -2.23. The molecule has 0 unspecified atom stereocenters. The number of rotatable bonds is 5. The van der Waals surface area contributed by atoms with E-state index in [1.165, 1.54) is 7.11 Å². The quantitative estimate of drug-likeness (QED) is 0.849. The maximum absolute atomic E-state index is 11.7. The maximum Gasteiger partial charge on any atom is 0.309 e. The number of ether oxygens (including phenoxy) is 2. The van der Waals surface area contributed by atoms with Crippen molar-refractivity contribution in [3.8, 4) is 5.75 Å². The number of carbonyl (C=O) groups is 2. The highest BCUT2D eigenvalue weighted by Crippen LogP contribution is 2.27. The van der Waals surface area contributed by atoms with E-state index in [-0.39, 0.29) is 24.4 Å². The number of hydrogen-bond acceptors (Lipinski definition) is 4. The number of hydrogen-bond donors (Lipinski definition) is 1. The summed E-state index contributed by atoms with van der Waals surface area (Å²) in [6.07, 6.45) is 3.82. The van der Waals surface area contributed by atoms with Gasteiger partial charge in [0.2, 0.25) is 0 Å². The molecule has 0 aromatic heterocycles. The van der Waals surface area contributed by atoms with Crippen LogP contribution in [0.1, 0.15) is 25.7 Å². The molecule has 1 N–H and O–H groups in total. The molecule has 2 rings (SSSR count). The molecule has 0 aliphatic heterocycles. The van der Waals surface area contributed by atoms with Crippen LogP contribution in [0.15, 0.2) is 18.2 Å². The van der Waals surface area contributed by atoms with Crippen LogP contribution in [0.5, 0.6) is 5.75 Å². The monoisotopic (exact) mass is 311 g/mol. The van der Waals surface area contributed by atoms with Crippen molar-refractivity contribution >= 4 is 29.2 Å². The summed E-state index contributed by atoms with van der Waals surface area (Å²) < 4.78 is 10.1. The third-order valence-corrected chi connectivity index (χ3v) is 3.76. The van der Waals surface area contributed by atoms with Crippen LogP contribution in [-0.2, 0) is 14.3 Å². The minimum Gasteiger partial charge on any atom is -0.495 e. The Morgan fingerprint density at radius 2 is 2.05 bits per heavy atom. The van der Waals surface area contributed by atoms with Crippen molar-refractivity contribution in [3.63, 3.8) is 0 Å². The summed E-state index contributed by atoms with van der Waals surface area (Å²) in [5, 5.41) is 3.03. The first-order chi connectivity index (χ1) is 10.1. The Balaban J connectivity index is 1.81. The number of anilines is 1. The van der Waals surface area contributed by atoms with Gasteiger partial charge in [-0.2, -0.15) is 0 Å². The highest BCUT2D eigenvalue weighted by Gasteiger charge is 2.24. The van der Waals surface area contributed by atoms with Gasteiger partial charge in [0, 0.05) is 5.69 Å². The third kappa shape index (κ3) is 4.36. The van der Waals surface area contributed by atoms with Crippen molar-refractivity contribution < 1.29 is 19.1 Å². The lowest BCUT2D eigenvalue weighted by Gasteiger charge is -2.10. The highest BCUT2D eigenvalue weighted by atomic mass is 35.5. The van der Waals surface area contributed by atoms with Gasteiger partial charge in [-0.1, -0.05) is 24.4 Å². The summed E-state index contributed by atoms with van der Waals surface area (Å²) in [4.78, 5) is 23.4. The maximum atomic E-state index is 11.7. The van der Waals surface area contributed by atoms with Crippen molar-refractivity contribution in [2.75, 3.05) is 19.0 Å². The fraction of sp³-hybridized carbons (Fsp3) is 0.467. The van der Waals surface area contributed by atoms with Crippen LogP contribution in [-0.4, -0.2) is 25.6 Å². The molecule has 0 atom stereocenters. The van der Waals surface area contributed by atoms with E-state index < -0.39 is 0 Å². The molecule has 1 aromatic carbocycles. The van der Waals surface area contributed by atoms with Crippen LogP contribution in [0.4, 0.5) is 5.69 Å². The smallest absolute Gasteiger partial charge is 0.309 e. The first kappa shape index (κ1) is 15.6. The second kappa shape index (κ2) is 7.31. The summed E-state index contributed by atoms with van der Waals surface area (Å²) in [6.45, 7) is -0.279. The Morgan fingerprint density at radius 1 is 1.33 bits per heavy atom. The zero-order valence-electron chi connectivity index (χ0n) is 11.9. The highest BCUT2D eigenvalue weighted by molar-refractivity contribution is 6.32. The van der Waals surface area contributed by atoms with Crippen molar-refractivity contribution in [3.05, 3.63) is 23.2 Å². The molecule has 0 radical (unpaired) electrons. The number of amides is 1. The van der Waals surface area contributed by atoms with Gasteiger partial charge in [-0.3, -0.25) is 9.59 Å². The Labute approximate surface area is 128 Å². The molecule has 1 amide bonds. The summed E-state index contributed by atoms with van der Waals surface area (Å²) in [6, 6.07) is 4.90.